The first kappa shape index (κ1) is 12.4. The van der Waals surface area contributed by atoms with Gasteiger partial charge in [-0.15, -0.1) is 0 Å². The lowest BCUT2D eigenvalue weighted by Crippen LogP contribution is -2.37. The summed E-state index contributed by atoms with van der Waals surface area (Å²) in [7, 11) is 0. The van der Waals surface area contributed by atoms with Gasteiger partial charge in [0.25, 0.3) is 0 Å². The largest absolute Gasteiger partial charge is 0.383 e. The molecule has 94 valence electrons. The van der Waals surface area contributed by atoms with Gasteiger partial charge in [0.2, 0.25) is 0 Å². The summed E-state index contributed by atoms with van der Waals surface area (Å²) in [6.07, 6.45) is 8.26. The molecule has 1 aliphatic rings. The highest BCUT2D eigenvalue weighted by Gasteiger charge is 2.24. The smallest absolute Gasteiger partial charge is 0.126 e. The SMILES string of the molecule is CCNC(Cc1cccnc1N)C1CCCC1. The Morgan fingerprint density at radius 1 is 1.47 bits per heavy atom. The molecule has 2 rings (SSSR count). The van der Waals surface area contributed by atoms with Gasteiger partial charge in [0.05, 0.1) is 0 Å². The van der Waals surface area contributed by atoms with Gasteiger partial charge in [-0.25, -0.2) is 4.98 Å². The van der Waals surface area contributed by atoms with Crippen molar-refractivity contribution in [3.63, 3.8) is 0 Å². The van der Waals surface area contributed by atoms with Crippen LogP contribution in [0.2, 0.25) is 0 Å². The molecule has 1 saturated carbocycles. The maximum atomic E-state index is 5.92. The van der Waals surface area contributed by atoms with E-state index in [4.69, 9.17) is 5.73 Å². The van der Waals surface area contributed by atoms with Crippen LogP contribution in [-0.4, -0.2) is 17.6 Å². The molecule has 0 saturated heterocycles. The standard InChI is InChI=1S/C14H23N3/c1-2-16-13(11-6-3-4-7-11)10-12-8-5-9-17-14(12)15/h5,8-9,11,13,16H,2-4,6-7,10H2,1H3,(H2,15,17). The van der Waals surface area contributed by atoms with E-state index in [9.17, 15) is 0 Å². The Morgan fingerprint density at radius 3 is 2.88 bits per heavy atom. The van der Waals surface area contributed by atoms with Crippen molar-refractivity contribution in [1.82, 2.24) is 10.3 Å². The highest BCUT2D eigenvalue weighted by Crippen LogP contribution is 2.29. The Bertz CT molecular complexity index is 345. The minimum absolute atomic E-state index is 0.564. The van der Waals surface area contributed by atoms with Crippen LogP contribution in [0.4, 0.5) is 5.82 Å². The van der Waals surface area contributed by atoms with E-state index < -0.39 is 0 Å². The summed E-state index contributed by atoms with van der Waals surface area (Å²) in [5, 5.41) is 3.62. The van der Waals surface area contributed by atoms with Gasteiger partial charge in [0.15, 0.2) is 0 Å². The molecule has 0 spiro atoms. The molecule has 1 atom stereocenters. The molecule has 0 aliphatic heterocycles. The van der Waals surface area contributed by atoms with Crippen molar-refractivity contribution < 1.29 is 0 Å². The summed E-state index contributed by atoms with van der Waals surface area (Å²) < 4.78 is 0. The lowest BCUT2D eigenvalue weighted by molar-refractivity contribution is 0.362. The number of anilines is 1. The minimum Gasteiger partial charge on any atom is -0.383 e. The number of likely N-dealkylation sites (N-methyl/N-ethyl adjacent to an activating group) is 1. The third kappa shape index (κ3) is 3.19. The van der Waals surface area contributed by atoms with Crippen LogP contribution in [0.5, 0.6) is 0 Å². The van der Waals surface area contributed by atoms with Gasteiger partial charge < -0.3 is 11.1 Å². The number of aromatic nitrogens is 1. The second kappa shape index (κ2) is 6.01. The predicted octanol–water partition coefficient (Wildman–Crippen LogP) is 2.37. The molecule has 1 aromatic rings. The van der Waals surface area contributed by atoms with Gasteiger partial charge in [-0.1, -0.05) is 25.8 Å². The fourth-order valence-electron chi connectivity index (χ4n) is 2.89. The van der Waals surface area contributed by atoms with E-state index in [1.165, 1.54) is 31.2 Å². The first-order chi connectivity index (χ1) is 8.31. The zero-order valence-electron chi connectivity index (χ0n) is 10.7. The van der Waals surface area contributed by atoms with Crippen molar-refractivity contribution in [2.24, 2.45) is 5.92 Å². The summed E-state index contributed by atoms with van der Waals surface area (Å²) >= 11 is 0. The van der Waals surface area contributed by atoms with Crippen LogP contribution in [0.1, 0.15) is 38.2 Å². The van der Waals surface area contributed by atoms with Crippen LogP contribution in [0, 0.1) is 5.92 Å². The molecule has 1 unspecified atom stereocenters. The lowest BCUT2D eigenvalue weighted by atomic mass is 9.92. The van der Waals surface area contributed by atoms with Crippen molar-refractivity contribution in [2.45, 2.75) is 45.1 Å². The Morgan fingerprint density at radius 2 is 2.24 bits per heavy atom. The first-order valence-electron chi connectivity index (χ1n) is 6.74. The number of rotatable bonds is 5. The van der Waals surface area contributed by atoms with E-state index in [1.54, 1.807) is 6.20 Å². The average Bonchev–Trinajstić information content (AvgIpc) is 2.85. The number of nitrogens with two attached hydrogens (primary N) is 1. The van der Waals surface area contributed by atoms with Crippen LogP contribution in [0.3, 0.4) is 0 Å². The van der Waals surface area contributed by atoms with Gasteiger partial charge in [-0.2, -0.15) is 0 Å². The van der Waals surface area contributed by atoms with Crippen molar-refractivity contribution in [1.29, 1.82) is 0 Å². The molecule has 0 radical (unpaired) electrons. The Labute approximate surface area is 104 Å². The zero-order chi connectivity index (χ0) is 12.1. The quantitative estimate of drug-likeness (QED) is 0.821. The van der Waals surface area contributed by atoms with Crippen LogP contribution in [-0.2, 0) is 6.42 Å². The first-order valence-corrected chi connectivity index (χ1v) is 6.74. The molecular weight excluding hydrogens is 210 g/mol. The number of hydrogen-bond acceptors (Lipinski definition) is 3. The second-order valence-electron chi connectivity index (χ2n) is 4.96. The van der Waals surface area contributed by atoms with Crippen molar-refractivity contribution in [2.75, 3.05) is 12.3 Å². The fourth-order valence-corrected chi connectivity index (χ4v) is 2.89. The predicted molar refractivity (Wildman–Crippen MR) is 71.8 cm³/mol. The third-order valence-corrected chi connectivity index (χ3v) is 3.80. The topological polar surface area (TPSA) is 50.9 Å². The summed E-state index contributed by atoms with van der Waals surface area (Å²) in [5.41, 5.74) is 7.11. The van der Waals surface area contributed by atoms with E-state index >= 15 is 0 Å². The zero-order valence-corrected chi connectivity index (χ0v) is 10.7. The summed E-state index contributed by atoms with van der Waals surface area (Å²) in [6, 6.07) is 4.64. The summed E-state index contributed by atoms with van der Waals surface area (Å²) in [6.45, 7) is 3.20. The van der Waals surface area contributed by atoms with Crippen LogP contribution in [0.25, 0.3) is 0 Å². The van der Waals surface area contributed by atoms with Crippen LogP contribution in [0.15, 0.2) is 18.3 Å². The number of nitrogen functional groups attached to an aromatic ring is 1. The molecule has 1 aliphatic carbocycles. The molecule has 0 aromatic carbocycles. The van der Waals surface area contributed by atoms with Crippen LogP contribution >= 0.6 is 0 Å². The van der Waals surface area contributed by atoms with E-state index in [0.29, 0.717) is 11.9 Å². The van der Waals surface area contributed by atoms with Gasteiger partial charge in [-0.05, 0) is 43.4 Å². The van der Waals surface area contributed by atoms with Crippen LogP contribution < -0.4 is 11.1 Å². The molecule has 3 N–H and O–H groups in total. The van der Waals surface area contributed by atoms with E-state index in [2.05, 4.69) is 23.3 Å². The van der Waals surface area contributed by atoms with E-state index in [-0.39, 0.29) is 0 Å². The maximum Gasteiger partial charge on any atom is 0.126 e. The molecule has 1 aromatic heterocycles. The molecule has 1 fully saturated rings. The number of nitrogens with zero attached hydrogens (tertiary/aromatic N) is 1. The summed E-state index contributed by atoms with van der Waals surface area (Å²) in [4.78, 5) is 4.17. The third-order valence-electron chi connectivity index (χ3n) is 3.80. The normalized spacial score (nSPS) is 18.4. The van der Waals surface area contributed by atoms with E-state index in [1.807, 2.05) is 6.07 Å². The van der Waals surface area contributed by atoms with Crippen molar-refractivity contribution in [3.05, 3.63) is 23.9 Å². The fraction of sp³-hybridized carbons (Fsp3) is 0.643. The molecule has 0 bridgehead atoms. The Hall–Kier alpha value is -1.09. The number of pyridine rings is 1. The molecule has 17 heavy (non-hydrogen) atoms. The molecule has 3 heteroatoms. The van der Waals surface area contributed by atoms with Gasteiger partial charge in [0.1, 0.15) is 5.82 Å². The average molecular weight is 233 g/mol. The van der Waals surface area contributed by atoms with Gasteiger partial charge >= 0.3 is 0 Å². The second-order valence-corrected chi connectivity index (χ2v) is 4.96. The molecule has 3 nitrogen and oxygen atoms in total. The minimum atomic E-state index is 0.564. The lowest BCUT2D eigenvalue weighted by Gasteiger charge is -2.24. The van der Waals surface area contributed by atoms with Gasteiger partial charge in [0, 0.05) is 12.2 Å². The highest BCUT2D eigenvalue weighted by atomic mass is 14.9. The summed E-state index contributed by atoms with van der Waals surface area (Å²) in [5.74, 6) is 1.50. The van der Waals surface area contributed by atoms with Gasteiger partial charge in [-0.3, -0.25) is 0 Å². The maximum absolute atomic E-state index is 5.92. The van der Waals surface area contributed by atoms with E-state index in [0.717, 1.165) is 18.9 Å². The number of hydrogen-bond donors (Lipinski definition) is 2. The monoisotopic (exact) mass is 233 g/mol. The highest BCUT2D eigenvalue weighted by molar-refractivity contribution is 5.39. The molecule has 1 heterocycles. The van der Waals surface area contributed by atoms with Crippen molar-refractivity contribution >= 4 is 5.82 Å². The molecular formula is C14H23N3. The molecule has 0 amide bonds. The number of nitrogens with one attached hydrogen (secondary N) is 1. The van der Waals surface area contributed by atoms with Crippen molar-refractivity contribution in [3.8, 4) is 0 Å². The Balaban J connectivity index is 2.04. The Kier molecular flexibility index (Phi) is 4.37.